The summed E-state index contributed by atoms with van der Waals surface area (Å²) in [5, 5.41) is 13.6. The molecule has 0 saturated carbocycles. The molecule has 6 heteroatoms. The zero-order valence-electron chi connectivity index (χ0n) is 15.4. The predicted molar refractivity (Wildman–Crippen MR) is 99.9 cm³/mol. The van der Waals surface area contributed by atoms with E-state index in [1.165, 1.54) is 14.2 Å². The second-order valence-electron chi connectivity index (χ2n) is 6.34. The zero-order chi connectivity index (χ0) is 18.8. The number of methoxy groups -OCH3 is 2. The lowest BCUT2D eigenvalue weighted by Crippen LogP contribution is -2.47. The number of ether oxygens (including phenoxy) is 2. The molecule has 0 unspecified atom stereocenters. The molecule has 0 radical (unpaired) electrons. The van der Waals surface area contributed by atoms with Gasteiger partial charge in [0.1, 0.15) is 6.17 Å². The van der Waals surface area contributed by atoms with E-state index in [2.05, 4.69) is 5.32 Å². The summed E-state index contributed by atoms with van der Waals surface area (Å²) < 4.78 is 10.6. The van der Waals surface area contributed by atoms with Crippen molar-refractivity contribution < 1.29 is 19.4 Å². The largest absolute Gasteiger partial charge is 0.502 e. The predicted octanol–water partition coefficient (Wildman–Crippen LogP) is 3.77. The number of phenols is 1. The average Bonchev–Trinajstić information content (AvgIpc) is 2.67. The van der Waals surface area contributed by atoms with E-state index in [-0.39, 0.29) is 17.7 Å². The second-order valence-corrected chi connectivity index (χ2v) is 6.34. The molecule has 2 N–H and O–H groups in total. The molecule has 1 heterocycles. The SMILES string of the molecule is CC[C@@H](C)N1C(=O)c2ccccc2N[C@H]1c1cc(OC)c(O)c(OC)c1. The Balaban J connectivity index is 2.14. The number of rotatable bonds is 5. The topological polar surface area (TPSA) is 71.0 Å². The van der Waals surface area contributed by atoms with E-state index in [0.717, 1.165) is 17.7 Å². The Morgan fingerprint density at radius 1 is 1.19 bits per heavy atom. The number of carbonyl (C=O) groups is 1. The number of carbonyl (C=O) groups excluding carboxylic acids is 1. The highest BCUT2D eigenvalue weighted by molar-refractivity contribution is 6.01. The maximum absolute atomic E-state index is 13.2. The van der Waals surface area contributed by atoms with Gasteiger partial charge in [0, 0.05) is 17.3 Å². The van der Waals surface area contributed by atoms with E-state index < -0.39 is 6.17 Å². The number of aromatic hydroxyl groups is 1. The molecule has 0 bridgehead atoms. The molecule has 6 nitrogen and oxygen atoms in total. The highest BCUT2D eigenvalue weighted by Crippen LogP contribution is 2.42. The molecule has 0 fully saturated rings. The Labute approximate surface area is 153 Å². The molecule has 2 aromatic carbocycles. The van der Waals surface area contributed by atoms with E-state index in [4.69, 9.17) is 9.47 Å². The Morgan fingerprint density at radius 2 is 1.81 bits per heavy atom. The van der Waals surface area contributed by atoms with Crippen molar-refractivity contribution in [2.24, 2.45) is 0 Å². The van der Waals surface area contributed by atoms with E-state index in [0.29, 0.717) is 17.1 Å². The maximum atomic E-state index is 13.2. The first-order valence-corrected chi connectivity index (χ1v) is 8.64. The number of phenolic OH excluding ortho intramolecular Hbond substituents is 1. The molecule has 138 valence electrons. The van der Waals surface area contributed by atoms with Crippen LogP contribution in [0.3, 0.4) is 0 Å². The molecule has 1 amide bonds. The van der Waals surface area contributed by atoms with Crippen LogP contribution in [0.25, 0.3) is 0 Å². The van der Waals surface area contributed by atoms with Gasteiger partial charge in [-0.2, -0.15) is 0 Å². The number of nitrogens with one attached hydrogen (secondary N) is 1. The molecule has 1 aliphatic rings. The molecule has 0 saturated heterocycles. The number of hydrogen-bond acceptors (Lipinski definition) is 5. The van der Waals surface area contributed by atoms with Crippen LogP contribution in [0.4, 0.5) is 5.69 Å². The summed E-state index contributed by atoms with van der Waals surface area (Å²) in [5.74, 6) is 0.522. The first-order valence-electron chi connectivity index (χ1n) is 8.64. The highest BCUT2D eigenvalue weighted by atomic mass is 16.5. The van der Waals surface area contributed by atoms with Gasteiger partial charge >= 0.3 is 0 Å². The minimum atomic E-state index is -0.393. The van der Waals surface area contributed by atoms with E-state index in [9.17, 15) is 9.90 Å². The molecule has 2 aromatic rings. The summed E-state index contributed by atoms with van der Waals surface area (Å²) in [7, 11) is 2.97. The Morgan fingerprint density at radius 3 is 2.38 bits per heavy atom. The number of nitrogens with zero attached hydrogens (tertiary/aromatic N) is 1. The van der Waals surface area contributed by atoms with Crippen LogP contribution in [0.15, 0.2) is 36.4 Å². The molecule has 26 heavy (non-hydrogen) atoms. The third-order valence-electron chi connectivity index (χ3n) is 4.85. The van der Waals surface area contributed by atoms with Crippen LogP contribution in [0.1, 0.15) is 42.4 Å². The van der Waals surface area contributed by atoms with Gasteiger partial charge in [-0.15, -0.1) is 0 Å². The molecular weight excluding hydrogens is 332 g/mol. The van der Waals surface area contributed by atoms with Crippen LogP contribution in [-0.4, -0.2) is 36.2 Å². The van der Waals surface area contributed by atoms with Crippen molar-refractivity contribution in [1.29, 1.82) is 0 Å². The monoisotopic (exact) mass is 356 g/mol. The van der Waals surface area contributed by atoms with Crippen molar-refractivity contribution in [3.63, 3.8) is 0 Å². The van der Waals surface area contributed by atoms with E-state index >= 15 is 0 Å². The van der Waals surface area contributed by atoms with E-state index in [1.54, 1.807) is 12.1 Å². The van der Waals surface area contributed by atoms with E-state index in [1.807, 2.05) is 43.0 Å². The number of benzene rings is 2. The van der Waals surface area contributed by atoms with Gasteiger partial charge in [-0.25, -0.2) is 0 Å². The van der Waals surface area contributed by atoms with Gasteiger partial charge in [0.25, 0.3) is 5.91 Å². The van der Waals surface area contributed by atoms with Crippen molar-refractivity contribution in [3.05, 3.63) is 47.5 Å². The quantitative estimate of drug-likeness (QED) is 0.853. The van der Waals surface area contributed by atoms with Crippen molar-refractivity contribution in [2.75, 3.05) is 19.5 Å². The molecule has 1 aliphatic heterocycles. The number of para-hydroxylation sites is 1. The van der Waals surface area contributed by atoms with Crippen LogP contribution in [0.5, 0.6) is 17.2 Å². The fourth-order valence-corrected chi connectivity index (χ4v) is 3.24. The lowest BCUT2D eigenvalue weighted by atomic mass is 10.00. The lowest BCUT2D eigenvalue weighted by Gasteiger charge is -2.41. The van der Waals surface area contributed by atoms with Crippen LogP contribution in [-0.2, 0) is 0 Å². The average molecular weight is 356 g/mol. The highest BCUT2D eigenvalue weighted by Gasteiger charge is 2.36. The molecule has 0 spiro atoms. The summed E-state index contributed by atoms with van der Waals surface area (Å²) in [6, 6.07) is 11.0. The number of amides is 1. The zero-order valence-corrected chi connectivity index (χ0v) is 15.4. The fourth-order valence-electron chi connectivity index (χ4n) is 3.24. The van der Waals surface area contributed by atoms with Gasteiger partial charge in [0.05, 0.1) is 19.8 Å². The minimum absolute atomic E-state index is 0.0234. The molecule has 0 aromatic heterocycles. The Hall–Kier alpha value is -2.89. The van der Waals surface area contributed by atoms with Gasteiger partial charge in [-0.1, -0.05) is 19.1 Å². The Bertz CT molecular complexity index is 796. The normalized spacial score (nSPS) is 17.3. The Kier molecular flexibility index (Phi) is 4.93. The van der Waals surface area contributed by atoms with Gasteiger partial charge < -0.3 is 24.8 Å². The molecule has 0 aliphatic carbocycles. The summed E-state index contributed by atoms with van der Waals surface area (Å²) in [6.07, 6.45) is 0.425. The lowest BCUT2D eigenvalue weighted by molar-refractivity contribution is 0.0593. The molecular formula is C20H24N2O4. The number of fused-ring (bicyclic) bond motifs is 1. The van der Waals surface area contributed by atoms with Crippen LogP contribution in [0.2, 0.25) is 0 Å². The van der Waals surface area contributed by atoms with Crippen LogP contribution >= 0.6 is 0 Å². The van der Waals surface area contributed by atoms with Gasteiger partial charge in [-0.3, -0.25) is 4.79 Å². The minimum Gasteiger partial charge on any atom is -0.502 e. The first-order chi connectivity index (χ1) is 12.5. The third kappa shape index (κ3) is 2.92. The summed E-state index contributed by atoms with van der Waals surface area (Å²) >= 11 is 0. The maximum Gasteiger partial charge on any atom is 0.258 e. The standard InChI is InChI=1S/C20H24N2O4/c1-5-12(2)22-19(21-15-9-7-6-8-14(15)20(22)24)13-10-16(25-3)18(23)17(11-13)26-4/h6-12,19,21,23H,5H2,1-4H3/t12-,19-/m1/s1. The summed E-state index contributed by atoms with van der Waals surface area (Å²) in [5.41, 5.74) is 2.22. The van der Waals surface area contributed by atoms with Crippen LogP contribution < -0.4 is 14.8 Å². The van der Waals surface area contributed by atoms with Crippen molar-refractivity contribution in [3.8, 4) is 17.2 Å². The number of anilines is 1. The van der Waals surface area contributed by atoms with Crippen LogP contribution in [0, 0.1) is 0 Å². The van der Waals surface area contributed by atoms with Gasteiger partial charge in [-0.05, 0) is 37.6 Å². The van der Waals surface area contributed by atoms with Crippen molar-refractivity contribution in [1.82, 2.24) is 4.90 Å². The number of hydrogen-bond donors (Lipinski definition) is 2. The first kappa shape index (κ1) is 17.9. The van der Waals surface area contributed by atoms with Crippen molar-refractivity contribution >= 4 is 11.6 Å². The summed E-state index contributed by atoms with van der Waals surface area (Å²) in [6.45, 7) is 4.07. The van der Waals surface area contributed by atoms with Crippen molar-refractivity contribution in [2.45, 2.75) is 32.5 Å². The smallest absolute Gasteiger partial charge is 0.258 e. The second kappa shape index (κ2) is 7.15. The van der Waals surface area contributed by atoms with Gasteiger partial charge in [0.2, 0.25) is 5.75 Å². The fraction of sp³-hybridized carbons (Fsp3) is 0.350. The third-order valence-corrected chi connectivity index (χ3v) is 4.85. The molecule has 2 atom stereocenters. The van der Waals surface area contributed by atoms with Gasteiger partial charge in [0.15, 0.2) is 11.5 Å². The summed E-state index contributed by atoms with van der Waals surface area (Å²) in [4.78, 5) is 15.0. The molecule has 3 rings (SSSR count).